The lowest BCUT2D eigenvalue weighted by Gasteiger charge is -2.05. The molecule has 2 heterocycles. The van der Waals surface area contributed by atoms with Gasteiger partial charge in [0.05, 0.1) is 11.2 Å². The standard InChI is InChI=1S/C15H15ClN2O2/c1-2-18-12-6-4-3-5-10(12)11(17-18)9-13(19)14-7-8-15(16)20-14/h3-8,13,19H,2,9H2,1H3. The van der Waals surface area contributed by atoms with Crippen molar-refractivity contribution in [2.24, 2.45) is 0 Å². The van der Waals surface area contributed by atoms with Gasteiger partial charge < -0.3 is 9.52 Å². The average Bonchev–Trinajstić information content (AvgIpc) is 3.03. The van der Waals surface area contributed by atoms with Gasteiger partial charge in [0.1, 0.15) is 11.9 Å². The summed E-state index contributed by atoms with van der Waals surface area (Å²) in [5.41, 5.74) is 1.94. The molecule has 0 aliphatic heterocycles. The van der Waals surface area contributed by atoms with Gasteiger partial charge in [-0.15, -0.1) is 0 Å². The van der Waals surface area contributed by atoms with Crippen LogP contribution in [-0.4, -0.2) is 14.9 Å². The second-order valence-electron chi connectivity index (χ2n) is 4.64. The van der Waals surface area contributed by atoms with Crippen molar-refractivity contribution >= 4 is 22.5 Å². The molecule has 3 aromatic rings. The summed E-state index contributed by atoms with van der Waals surface area (Å²) >= 11 is 5.73. The van der Waals surface area contributed by atoms with Crippen LogP contribution in [0.3, 0.4) is 0 Å². The van der Waals surface area contributed by atoms with Crippen molar-refractivity contribution in [2.45, 2.75) is 26.0 Å². The lowest BCUT2D eigenvalue weighted by Crippen LogP contribution is -2.03. The molecule has 0 aliphatic carbocycles. The molecule has 0 aliphatic rings. The summed E-state index contributed by atoms with van der Waals surface area (Å²) in [6, 6.07) is 11.3. The first-order valence-corrected chi connectivity index (χ1v) is 6.94. The average molecular weight is 291 g/mol. The van der Waals surface area contributed by atoms with Gasteiger partial charge in [0.25, 0.3) is 0 Å². The van der Waals surface area contributed by atoms with Gasteiger partial charge in [-0.2, -0.15) is 5.10 Å². The normalized spacial score (nSPS) is 12.9. The molecule has 4 nitrogen and oxygen atoms in total. The number of halogens is 1. The zero-order chi connectivity index (χ0) is 14.1. The number of para-hydroxylation sites is 1. The van der Waals surface area contributed by atoms with Gasteiger partial charge >= 0.3 is 0 Å². The molecule has 1 N–H and O–H groups in total. The Hall–Kier alpha value is -1.78. The van der Waals surface area contributed by atoms with E-state index in [1.807, 2.05) is 35.9 Å². The topological polar surface area (TPSA) is 51.2 Å². The largest absolute Gasteiger partial charge is 0.447 e. The van der Waals surface area contributed by atoms with Crippen molar-refractivity contribution in [1.82, 2.24) is 9.78 Å². The molecule has 2 aromatic heterocycles. The zero-order valence-corrected chi connectivity index (χ0v) is 11.8. The third-order valence-corrected chi connectivity index (χ3v) is 3.55. The zero-order valence-electron chi connectivity index (χ0n) is 11.1. The predicted molar refractivity (Wildman–Crippen MR) is 77.8 cm³/mol. The Morgan fingerprint density at radius 1 is 1.30 bits per heavy atom. The van der Waals surface area contributed by atoms with Crippen molar-refractivity contribution < 1.29 is 9.52 Å². The summed E-state index contributed by atoms with van der Waals surface area (Å²) < 4.78 is 7.18. The number of aliphatic hydroxyl groups is 1. The van der Waals surface area contributed by atoms with Crippen LogP contribution in [0.15, 0.2) is 40.8 Å². The molecule has 1 aromatic carbocycles. The van der Waals surface area contributed by atoms with Crippen LogP contribution >= 0.6 is 11.6 Å². The van der Waals surface area contributed by atoms with E-state index >= 15 is 0 Å². The molecule has 0 saturated heterocycles. The highest BCUT2D eigenvalue weighted by atomic mass is 35.5. The van der Waals surface area contributed by atoms with Crippen LogP contribution in [0.2, 0.25) is 5.22 Å². The summed E-state index contributed by atoms with van der Waals surface area (Å²) in [5, 5.41) is 16.1. The molecule has 0 fully saturated rings. The van der Waals surface area contributed by atoms with Crippen molar-refractivity contribution in [1.29, 1.82) is 0 Å². The molecule has 0 saturated carbocycles. The quantitative estimate of drug-likeness (QED) is 0.799. The monoisotopic (exact) mass is 290 g/mol. The van der Waals surface area contributed by atoms with Gasteiger partial charge in [-0.1, -0.05) is 18.2 Å². The highest BCUT2D eigenvalue weighted by molar-refractivity contribution is 6.28. The third kappa shape index (κ3) is 2.32. The van der Waals surface area contributed by atoms with E-state index in [0.717, 1.165) is 23.1 Å². The van der Waals surface area contributed by atoms with Crippen LogP contribution in [0.5, 0.6) is 0 Å². The lowest BCUT2D eigenvalue weighted by atomic mass is 10.1. The van der Waals surface area contributed by atoms with Crippen LogP contribution < -0.4 is 0 Å². The Morgan fingerprint density at radius 3 is 2.80 bits per heavy atom. The molecule has 1 atom stereocenters. The number of rotatable bonds is 4. The highest BCUT2D eigenvalue weighted by Crippen LogP contribution is 2.26. The molecule has 104 valence electrons. The van der Waals surface area contributed by atoms with E-state index in [4.69, 9.17) is 16.0 Å². The number of aryl methyl sites for hydroxylation is 1. The van der Waals surface area contributed by atoms with Crippen LogP contribution in [0.25, 0.3) is 10.9 Å². The maximum atomic E-state index is 10.2. The molecule has 3 rings (SSSR count). The fourth-order valence-electron chi connectivity index (χ4n) is 2.38. The van der Waals surface area contributed by atoms with Crippen LogP contribution in [0.4, 0.5) is 0 Å². The molecular weight excluding hydrogens is 276 g/mol. The molecule has 1 unspecified atom stereocenters. The van der Waals surface area contributed by atoms with Gasteiger partial charge in [0.2, 0.25) is 0 Å². The molecule has 20 heavy (non-hydrogen) atoms. The Kier molecular flexibility index (Phi) is 3.51. The maximum absolute atomic E-state index is 10.2. The van der Waals surface area contributed by atoms with E-state index < -0.39 is 6.10 Å². The Balaban J connectivity index is 1.94. The maximum Gasteiger partial charge on any atom is 0.193 e. The number of benzene rings is 1. The molecule has 5 heteroatoms. The Bertz CT molecular complexity index is 732. The van der Waals surface area contributed by atoms with Crippen LogP contribution in [-0.2, 0) is 13.0 Å². The van der Waals surface area contributed by atoms with Gasteiger partial charge in [-0.25, -0.2) is 0 Å². The van der Waals surface area contributed by atoms with E-state index in [2.05, 4.69) is 5.10 Å². The molecule has 0 spiro atoms. The number of furan rings is 1. The van der Waals surface area contributed by atoms with Crippen molar-refractivity contribution in [2.75, 3.05) is 0 Å². The summed E-state index contributed by atoms with van der Waals surface area (Å²) in [6.45, 7) is 2.84. The minimum absolute atomic E-state index is 0.281. The van der Waals surface area contributed by atoms with Gasteiger partial charge in [-0.05, 0) is 36.7 Å². The number of aromatic nitrogens is 2. The number of nitrogens with zero attached hydrogens (tertiary/aromatic N) is 2. The van der Waals surface area contributed by atoms with Gasteiger partial charge in [0.15, 0.2) is 5.22 Å². The Labute approximate surface area is 121 Å². The first kappa shape index (κ1) is 13.2. The van der Waals surface area contributed by atoms with Crippen molar-refractivity contribution in [3.05, 3.63) is 53.1 Å². The van der Waals surface area contributed by atoms with Crippen molar-refractivity contribution in [3.63, 3.8) is 0 Å². The Morgan fingerprint density at radius 2 is 2.10 bits per heavy atom. The fourth-order valence-corrected chi connectivity index (χ4v) is 2.53. The van der Waals surface area contributed by atoms with E-state index in [1.54, 1.807) is 12.1 Å². The summed E-state index contributed by atoms with van der Waals surface area (Å²) in [7, 11) is 0. The van der Waals surface area contributed by atoms with Gasteiger partial charge in [-0.3, -0.25) is 4.68 Å². The number of hydrogen-bond acceptors (Lipinski definition) is 3. The van der Waals surface area contributed by atoms with E-state index in [1.165, 1.54) is 0 Å². The van der Waals surface area contributed by atoms with E-state index in [-0.39, 0.29) is 5.22 Å². The van der Waals surface area contributed by atoms with E-state index in [9.17, 15) is 5.11 Å². The minimum Gasteiger partial charge on any atom is -0.447 e. The highest BCUT2D eigenvalue weighted by Gasteiger charge is 2.17. The minimum atomic E-state index is -0.744. The summed E-state index contributed by atoms with van der Waals surface area (Å²) in [6.07, 6.45) is -0.344. The molecular formula is C15H15ClN2O2. The van der Waals surface area contributed by atoms with Crippen LogP contribution in [0, 0.1) is 0 Å². The SMILES string of the molecule is CCn1nc(CC(O)c2ccc(Cl)o2)c2ccccc21. The van der Waals surface area contributed by atoms with Crippen LogP contribution in [0.1, 0.15) is 24.5 Å². The molecule has 0 radical (unpaired) electrons. The smallest absolute Gasteiger partial charge is 0.193 e. The predicted octanol–water partition coefficient (Wildman–Crippen LogP) is 3.58. The van der Waals surface area contributed by atoms with Gasteiger partial charge in [0, 0.05) is 18.4 Å². The molecule has 0 amide bonds. The first-order valence-electron chi connectivity index (χ1n) is 6.56. The first-order chi connectivity index (χ1) is 9.69. The molecule has 0 bridgehead atoms. The fraction of sp³-hybridized carbons (Fsp3) is 0.267. The van der Waals surface area contributed by atoms with E-state index in [0.29, 0.717) is 12.2 Å². The number of hydrogen-bond donors (Lipinski definition) is 1. The van der Waals surface area contributed by atoms with Crippen molar-refractivity contribution in [3.8, 4) is 0 Å². The summed E-state index contributed by atoms with van der Waals surface area (Å²) in [4.78, 5) is 0. The number of aliphatic hydroxyl groups excluding tert-OH is 1. The summed E-state index contributed by atoms with van der Waals surface area (Å²) in [5.74, 6) is 0.463. The second-order valence-corrected chi connectivity index (χ2v) is 5.01. The number of fused-ring (bicyclic) bond motifs is 1. The third-order valence-electron chi connectivity index (χ3n) is 3.34. The second kappa shape index (κ2) is 5.31. The lowest BCUT2D eigenvalue weighted by molar-refractivity contribution is 0.149.